The zero-order valence-corrected chi connectivity index (χ0v) is 16.6. The summed E-state index contributed by atoms with van der Waals surface area (Å²) >= 11 is 5.80. The highest BCUT2D eigenvalue weighted by Crippen LogP contribution is 2.47. The summed E-state index contributed by atoms with van der Waals surface area (Å²) in [6.07, 6.45) is -1.80. The largest absolute Gasteiger partial charge is 0.511 e. The Morgan fingerprint density at radius 2 is 1.79 bits per heavy atom. The molecule has 29 heavy (non-hydrogen) atoms. The van der Waals surface area contributed by atoms with Crippen molar-refractivity contribution in [2.75, 3.05) is 0 Å². The molecule has 2 nitrogen and oxygen atoms in total. The third kappa shape index (κ3) is 3.46. The van der Waals surface area contributed by atoms with Gasteiger partial charge < -0.3 is 5.11 Å². The summed E-state index contributed by atoms with van der Waals surface area (Å²) in [6, 6.07) is 8.64. The van der Waals surface area contributed by atoms with Gasteiger partial charge in [-0.2, -0.15) is 13.2 Å². The van der Waals surface area contributed by atoms with Crippen molar-refractivity contribution < 1.29 is 23.1 Å². The van der Waals surface area contributed by atoms with Crippen LogP contribution in [-0.4, -0.2) is 10.9 Å². The van der Waals surface area contributed by atoms with Crippen molar-refractivity contribution >= 4 is 23.0 Å². The van der Waals surface area contributed by atoms with E-state index in [-0.39, 0.29) is 39.5 Å². The van der Waals surface area contributed by atoms with Gasteiger partial charge in [-0.25, -0.2) is 0 Å². The smallest absolute Gasteiger partial charge is 0.417 e. The first-order chi connectivity index (χ1) is 13.7. The van der Waals surface area contributed by atoms with Crippen molar-refractivity contribution in [1.29, 1.82) is 0 Å². The summed E-state index contributed by atoms with van der Waals surface area (Å²) in [6.45, 7) is 1.92. The van der Waals surface area contributed by atoms with Crippen LogP contribution in [0.15, 0.2) is 42.2 Å². The number of fused-ring (bicyclic) bond motifs is 2. The normalized spacial score (nSPS) is 21.8. The first-order valence-electron chi connectivity index (χ1n) is 9.68. The molecule has 4 rings (SSSR count). The molecule has 0 saturated heterocycles. The fourth-order valence-corrected chi connectivity index (χ4v) is 4.73. The zero-order chi connectivity index (χ0) is 20.9. The number of Topliss-reactive ketones (excluding diaryl/α,β-unsaturated/α-hetero) is 1. The van der Waals surface area contributed by atoms with E-state index in [0.717, 1.165) is 24.5 Å². The van der Waals surface area contributed by atoms with Crippen LogP contribution >= 0.6 is 11.6 Å². The molecule has 0 radical (unpaired) electrons. The minimum absolute atomic E-state index is 0.00266. The van der Waals surface area contributed by atoms with E-state index in [9.17, 15) is 23.1 Å². The molecular formula is C23H20ClF3O2. The molecule has 0 aliphatic heterocycles. The average molecular weight is 421 g/mol. The second-order valence-corrected chi connectivity index (χ2v) is 8.18. The van der Waals surface area contributed by atoms with Crippen LogP contribution in [0.25, 0.3) is 16.7 Å². The fourth-order valence-electron chi connectivity index (χ4n) is 4.56. The number of carbonyl (C=O) groups excluding carboxylic acids is 1. The molecule has 0 spiro atoms. The maximum Gasteiger partial charge on any atom is 0.417 e. The average Bonchev–Trinajstić information content (AvgIpc) is 3.13. The number of rotatable bonds is 3. The van der Waals surface area contributed by atoms with Gasteiger partial charge in [0.15, 0.2) is 5.78 Å². The second-order valence-electron chi connectivity index (χ2n) is 7.74. The molecule has 1 fully saturated rings. The molecule has 2 aromatic carbocycles. The van der Waals surface area contributed by atoms with Crippen LogP contribution in [0, 0.1) is 11.8 Å². The summed E-state index contributed by atoms with van der Waals surface area (Å²) in [5, 5.41) is 10.7. The van der Waals surface area contributed by atoms with Crippen molar-refractivity contribution in [1.82, 2.24) is 0 Å². The lowest BCUT2D eigenvalue weighted by Gasteiger charge is -2.24. The molecule has 0 amide bonds. The number of hydrogen-bond acceptors (Lipinski definition) is 2. The van der Waals surface area contributed by atoms with E-state index in [1.165, 1.54) is 12.1 Å². The molecule has 0 heterocycles. The van der Waals surface area contributed by atoms with Gasteiger partial charge in [-0.1, -0.05) is 36.7 Å². The number of carbonyl (C=O) groups is 1. The molecule has 1 N–H and O–H groups in total. The van der Waals surface area contributed by atoms with E-state index in [1.807, 2.05) is 6.92 Å². The van der Waals surface area contributed by atoms with E-state index in [1.54, 1.807) is 18.2 Å². The molecule has 152 valence electrons. The third-order valence-corrected chi connectivity index (χ3v) is 6.29. The lowest BCUT2D eigenvalue weighted by molar-refractivity contribution is -0.137. The predicted molar refractivity (Wildman–Crippen MR) is 107 cm³/mol. The molecule has 2 aromatic rings. The van der Waals surface area contributed by atoms with Crippen molar-refractivity contribution in [3.05, 3.63) is 63.9 Å². The SMILES string of the molecule is CCc1ccc(-c2ccc(Cl)cc2C(F)(F)F)cc1C1=C(O)C2CCC(C2)C1=O. The quantitative estimate of drug-likeness (QED) is 0.589. The van der Waals surface area contributed by atoms with E-state index >= 15 is 0 Å². The van der Waals surface area contributed by atoms with E-state index in [2.05, 4.69) is 0 Å². The molecule has 6 heteroatoms. The highest BCUT2D eigenvalue weighted by Gasteiger charge is 2.42. The Bertz CT molecular complexity index is 1020. The third-order valence-electron chi connectivity index (χ3n) is 6.05. The minimum atomic E-state index is -4.56. The Labute approximate surface area is 172 Å². The maximum absolute atomic E-state index is 13.6. The first kappa shape index (κ1) is 20.0. The van der Waals surface area contributed by atoms with E-state index in [0.29, 0.717) is 24.0 Å². The Morgan fingerprint density at radius 1 is 1.07 bits per heavy atom. The molecular weight excluding hydrogens is 401 g/mol. The Hall–Kier alpha value is -2.27. The topological polar surface area (TPSA) is 37.3 Å². The second kappa shape index (κ2) is 7.21. The summed E-state index contributed by atoms with van der Waals surface area (Å²) in [5.74, 6) is -0.166. The van der Waals surface area contributed by atoms with Crippen molar-refractivity contribution in [3.8, 4) is 11.1 Å². The lowest BCUT2D eigenvalue weighted by Crippen LogP contribution is -2.22. The van der Waals surface area contributed by atoms with Gasteiger partial charge in [0.2, 0.25) is 0 Å². The molecule has 1 saturated carbocycles. The number of hydrogen-bond donors (Lipinski definition) is 1. The van der Waals surface area contributed by atoms with Crippen LogP contribution in [0.3, 0.4) is 0 Å². The number of aryl methyl sites for hydroxylation is 1. The van der Waals surface area contributed by atoms with Gasteiger partial charge in [0.1, 0.15) is 5.76 Å². The monoisotopic (exact) mass is 420 g/mol. The van der Waals surface area contributed by atoms with Crippen LogP contribution in [0.5, 0.6) is 0 Å². The number of ketones is 1. The van der Waals surface area contributed by atoms with Gasteiger partial charge in [0.05, 0.1) is 11.1 Å². The van der Waals surface area contributed by atoms with Crippen LogP contribution in [0.1, 0.15) is 42.9 Å². The highest BCUT2D eigenvalue weighted by molar-refractivity contribution is 6.30. The molecule has 2 atom stereocenters. The molecule has 2 aliphatic rings. The summed E-state index contributed by atoms with van der Waals surface area (Å²) in [4.78, 5) is 13.0. The molecule has 2 aliphatic carbocycles. The van der Waals surface area contributed by atoms with Crippen LogP contribution < -0.4 is 0 Å². The summed E-state index contributed by atoms with van der Waals surface area (Å²) in [7, 11) is 0. The molecule has 2 bridgehead atoms. The number of halogens is 4. The highest BCUT2D eigenvalue weighted by atomic mass is 35.5. The van der Waals surface area contributed by atoms with E-state index in [4.69, 9.17) is 11.6 Å². The molecule has 2 unspecified atom stereocenters. The lowest BCUT2D eigenvalue weighted by atomic mass is 9.80. The van der Waals surface area contributed by atoms with Gasteiger partial charge in [-0.15, -0.1) is 0 Å². The van der Waals surface area contributed by atoms with Gasteiger partial charge >= 0.3 is 6.18 Å². The van der Waals surface area contributed by atoms with Crippen molar-refractivity contribution in [3.63, 3.8) is 0 Å². The van der Waals surface area contributed by atoms with Crippen LogP contribution in [-0.2, 0) is 17.4 Å². The van der Waals surface area contributed by atoms with E-state index < -0.39 is 11.7 Å². The summed E-state index contributed by atoms with van der Waals surface area (Å²) < 4.78 is 40.8. The predicted octanol–water partition coefficient (Wildman–Crippen LogP) is 6.86. The van der Waals surface area contributed by atoms with Crippen LogP contribution in [0.2, 0.25) is 5.02 Å². The van der Waals surface area contributed by atoms with Gasteiger partial charge in [0.25, 0.3) is 0 Å². The summed E-state index contributed by atoms with van der Waals surface area (Å²) in [5.41, 5.74) is 1.15. The number of allylic oxidation sites excluding steroid dienone is 2. The van der Waals surface area contributed by atoms with Gasteiger partial charge in [0, 0.05) is 16.9 Å². The Morgan fingerprint density at radius 3 is 2.48 bits per heavy atom. The number of aliphatic hydroxyl groups excluding tert-OH is 1. The van der Waals surface area contributed by atoms with Gasteiger partial charge in [-0.3, -0.25) is 4.79 Å². The fraction of sp³-hybridized carbons (Fsp3) is 0.348. The Balaban J connectivity index is 1.91. The number of benzene rings is 2. The first-order valence-corrected chi connectivity index (χ1v) is 10.1. The van der Waals surface area contributed by atoms with Crippen molar-refractivity contribution in [2.45, 2.75) is 38.8 Å². The number of aliphatic hydroxyl groups is 1. The number of alkyl halides is 3. The zero-order valence-electron chi connectivity index (χ0n) is 15.8. The van der Waals surface area contributed by atoms with Crippen molar-refractivity contribution in [2.24, 2.45) is 11.8 Å². The molecule has 0 aromatic heterocycles. The Kier molecular flexibility index (Phi) is 4.97. The minimum Gasteiger partial charge on any atom is -0.511 e. The maximum atomic E-state index is 13.6. The van der Waals surface area contributed by atoms with Gasteiger partial charge in [-0.05, 0) is 66.1 Å². The van der Waals surface area contributed by atoms with Crippen LogP contribution in [0.4, 0.5) is 13.2 Å². The standard InChI is InChI=1S/C23H20ClF3O2/c1-2-12-3-4-13(17-8-7-16(24)11-19(17)23(25,26)27)10-18(12)20-21(28)14-5-6-15(9-14)22(20)29/h3-4,7-8,10-11,14-15,28H,2,5-6,9H2,1H3.